The van der Waals surface area contributed by atoms with Gasteiger partial charge in [0.2, 0.25) is 0 Å². The van der Waals surface area contributed by atoms with Gasteiger partial charge in [0.15, 0.2) is 0 Å². The number of nitrogens with zero attached hydrogens (tertiary/aromatic N) is 2. The first-order chi connectivity index (χ1) is 10.0. The number of likely N-dealkylation sites (tertiary alicyclic amines) is 1. The fourth-order valence-electron chi connectivity index (χ4n) is 2.51. The zero-order valence-electron chi connectivity index (χ0n) is 11.8. The van der Waals surface area contributed by atoms with Crippen molar-refractivity contribution >= 4 is 27.5 Å². The second-order valence-corrected chi connectivity index (χ2v) is 5.97. The van der Waals surface area contributed by atoms with Crippen molar-refractivity contribution in [2.45, 2.75) is 12.8 Å². The second kappa shape index (κ2) is 7.00. The minimum atomic E-state index is -0.494. The summed E-state index contributed by atoms with van der Waals surface area (Å²) in [6.07, 6.45) is 1.80. The molecule has 0 aliphatic carbocycles. The molecule has 114 valence electrons. The standard InChI is InChI=1S/C14H17BrN2O4/c1-21-9-10-4-6-16(7-5-10)14(18)11-2-3-12(15)13(8-11)17(19)20/h2-3,8,10H,4-7,9H2,1H3. The average molecular weight is 357 g/mol. The maximum Gasteiger partial charge on any atom is 0.284 e. The molecule has 1 amide bonds. The summed E-state index contributed by atoms with van der Waals surface area (Å²) in [6.45, 7) is 2.04. The number of carbonyl (C=O) groups is 1. The summed E-state index contributed by atoms with van der Waals surface area (Å²) < 4.78 is 5.51. The summed E-state index contributed by atoms with van der Waals surface area (Å²) in [5.41, 5.74) is 0.269. The summed E-state index contributed by atoms with van der Waals surface area (Å²) >= 11 is 3.12. The Bertz CT molecular complexity index is 542. The van der Waals surface area contributed by atoms with Crippen LogP contribution in [-0.2, 0) is 4.74 Å². The third-order valence-corrected chi connectivity index (χ3v) is 4.36. The van der Waals surface area contributed by atoms with Gasteiger partial charge in [-0.1, -0.05) is 0 Å². The molecule has 6 nitrogen and oxygen atoms in total. The number of hydrogen-bond donors (Lipinski definition) is 0. The van der Waals surface area contributed by atoms with Crippen LogP contribution >= 0.6 is 15.9 Å². The fourth-order valence-corrected chi connectivity index (χ4v) is 2.90. The molecule has 0 atom stereocenters. The predicted octanol–water partition coefficient (Wildman–Crippen LogP) is 2.86. The Kier molecular flexibility index (Phi) is 5.30. The van der Waals surface area contributed by atoms with Gasteiger partial charge >= 0.3 is 0 Å². The van der Waals surface area contributed by atoms with Crippen LogP contribution in [0.2, 0.25) is 0 Å². The van der Waals surface area contributed by atoms with E-state index >= 15 is 0 Å². The third-order valence-electron chi connectivity index (χ3n) is 3.69. The molecular formula is C14H17BrN2O4. The lowest BCUT2D eigenvalue weighted by atomic mass is 9.97. The number of benzene rings is 1. The number of hydrogen-bond acceptors (Lipinski definition) is 4. The minimum Gasteiger partial charge on any atom is -0.384 e. The number of ether oxygens (including phenoxy) is 1. The monoisotopic (exact) mass is 356 g/mol. The largest absolute Gasteiger partial charge is 0.384 e. The number of nitro benzene ring substituents is 1. The predicted molar refractivity (Wildman–Crippen MR) is 81.3 cm³/mol. The minimum absolute atomic E-state index is 0.0879. The zero-order chi connectivity index (χ0) is 15.4. The van der Waals surface area contributed by atoms with Crippen LogP contribution in [0.15, 0.2) is 22.7 Å². The first kappa shape index (κ1) is 15.9. The van der Waals surface area contributed by atoms with E-state index in [1.807, 2.05) is 0 Å². The van der Waals surface area contributed by atoms with Crippen molar-refractivity contribution < 1.29 is 14.5 Å². The van der Waals surface area contributed by atoms with E-state index in [1.54, 1.807) is 24.1 Å². The molecule has 1 heterocycles. The van der Waals surface area contributed by atoms with Gasteiger partial charge in [0.1, 0.15) is 0 Å². The van der Waals surface area contributed by atoms with Gasteiger partial charge in [0.25, 0.3) is 11.6 Å². The lowest BCUT2D eigenvalue weighted by Gasteiger charge is -2.31. The summed E-state index contributed by atoms with van der Waals surface area (Å²) in [5.74, 6) is 0.333. The highest BCUT2D eigenvalue weighted by molar-refractivity contribution is 9.10. The molecule has 1 fully saturated rings. The van der Waals surface area contributed by atoms with Crippen LogP contribution in [0.25, 0.3) is 0 Å². The molecule has 0 radical (unpaired) electrons. The van der Waals surface area contributed by atoms with E-state index in [-0.39, 0.29) is 11.6 Å². The molecule has 1 aliphatic heterocycles. The Balaban J connectivity index is 2.07. The number of halogens is 1. The van der Waals surface area contributed by atoms with E-state index in [0.717, 1.165) is 12.8 Å². The van der Waals surface area contributed by atoms with Crippen molar-refractivity contribution in [1.82, 2.24) is 4.90 Å². The molecule has 0 spiro atoms. The Hall–Kier alpha value is -1.47. The van der Waals surface area contributed by atoms with E-state index < -0.39 is 4.92 Å². The average Bonchev–Trinajstić information content (AvgIpc) is 2.48. The lowest BCUT2D eigenvalue weighted by Crippen LogP contribution is -2.39. The fraction of sp³-hybridized carbons (Fsp3) is 0.500. The maximum atomic E-state index is 12.4. The van der Waals surface area contributed by atoms with Crippen molar-refractivity contribution in [2.75, 3.05) is 26.8 Å². The molecule has 0 bridgehead atoms. The number of rotatable bonds is 4. The number of amides is 1. The van der Waals surface area contributed by atoms with Crippen LogP contribution < -0.4 is 0 Å². The van der Waals surface area contributed by atoms with Gasteiger partial charge in [-0.3, -0.25) is 14.9 Å². The summed E-state index contributed by atoms with van der Waals surface area (Å²) in [6, 6.07) is 4.48. The Morgan fingerprint density at radius 2 is 2.14 bits per heavy atom. The third kappa shape index (κ3) is 3.79. The van der Waals surface area contributed by atoms with Gasteiger partial charge in [-0.25, -0.2) is 0 Å². The molecule has 1 aromatic carbocycles. The first-order valence-electron chi connectivity index (χ1n) is 6.75. The molecular weight excluding hydrogens is 340 g/mol. The quantitative estimate of drug-likeness (QED) is 0.614. The lowest BCUT2D eigenvalue weighted by molar-refractivity contribution is -0.385. The van der Waals surface area contributed by atoms with E-state index in [9.17, 15) is 14.9 Å². The smallest absolute Gasteiger partial charge is 0.284 e. The van der Waals surface area contributed by atoms with Crippen molar-refractivity contribution in [3.05, 3.63) is 38.3 Å². The van der Waals surface area contributed by atoms with Gasteiger partial charge in [-0.2, -0.15) is 0 Å². The normalized spacial score (nSPS) is 16.0. The van der Waals surface area contributed by atoms with Gasteiger partial charge < -0.3 is 9.64 Å². The van der Waals surface area contributed by atoms with E-state index in [0.29, 0.717) is 35.7 Å². The zero-order valence-corrected chi connectivity index (χ0v) is 13.3. The van der Waals surface area contributed by atoms with E-state index in [2.05, 4.69) is 15.9 Å². The number of piperidine rings is 1. The van der Waals surface area contributed by atoms with E-state index in [4.69, 9.17) is 4.74 Å². The molecule has 1 aliphatic rings. The molecule has 21 heavy (non-hydrogen) atoms. The SMILES string of the molecule is COCC1CCN(C(=O)c2ccc(Br)c([N+](=O)[O-])c2)CC1. The van der Waals surface area contributed by atoms with Crippen molar-refractivity contribution in [3.63, 3.8) is 0 Å². The van der Waals surface area contributed by atoms with Crippen LogP contribution in [0.1, 0.15) is 23.2 Å². The van der Waals surface area contributed by atoms with E-state index in [1.165, 1.54) is 6.07 Å². The molecule has 7 heteroatoms. The highest BCUT2D eigenvalue weighted by atomic mass is 79.9. The van der Waals surface area contributed by atoms with Gasteiger partial charge in [-0.15, -0.1) is 0 Å². The van der Waals surface area contributed by atoms with Crippen LogP contribution in [0.4, 0.5) is 5.69 Å². The molecule has 2 rings (SSSR count). The molecule has 1 saturated heterocycles. The van der Waals surface area contributed by atoms with Gasteiger partial charge in [0.05, 0.1) is 9.40 Å². The molecule has 0 saturated carbocycles. The summed E-state index contributed by atoms with van der Waals surface area (Å²) in [7, 11) is 1.68. The summed E-state index contributed by atoms with van der Waals surface area (Å²) in [4.78, 5) is 24.6. The van der Waals surface area contributed by atoms with Crippen molar-refractivity contribution in [1.29, 1.82) is 0 Å². The Labute approximate surface area is 131 Å². The molecule has 0 aromatic heterocycles. The number of nitro groups is 1. The first-order valence-corrected chi connectivity index (χ1v) is 7.54. The van der Waals surface area contributed by atoms with Gasteiger partial charge in [0, 0.05) is 38.4 Å². The van der Waals surface area contributed by atoms with Gasteiger partial charge in [-0.05, 0) is 46.8 Å². The molecule has 0 unspecified atom stereocenters. The maximum absolute atomic E-state index is 12.4. The Morgan fingerprint density at radius 1 is 1.48 bits per heavy atom. The van der Waals surface area contributed by atoms with Crippen LogP contribution in [0, 0.1) is 16.0 Å². The van der Waals surface area contributed by atoms with Crippen molar-refractivity contribution in [3.8, 4) is 0 Å². The highest BCUT2D eigenvalue weighted by Gasteiger charge is 2.25. The highest BCUT2D eigenvalue weighted by Crippen LogP contribution is 2.27. The topological polar surface area (TPSA) is 72.7 Å². The van der Waals surface area contributed by atoms with Crippen LogP contribution in [-0.4, -0.2) is 42.5 Å². The molecule has 1 aromatic rings. The number of methoxy groups -OCH3 is 1. The molecule has 0 N–H and O–H groups in total. The Morgan fingerprint density at radius 3 is 2.71 bits per heavy atom. The van der Waals surface area contributed by atoms with Crippen LogP contribution in [0.3, 0.4) is 0 Å². The number of carbonyl (C=O) groups excluding carboxylic acids is 1. The second-order valence-electron chi connectivity index (χ2n) is 5.11. The van der Waals surface area contributed by atoms with Crippen molar-refractivity contribution in [2.24, 2.45) is 5.92 Å². The summed E-state index contributed by atoms with van der Waals surface area (Å²) in [5, 5.41) is 10.9. The van der Waals surface area contributed by atoms with Crippen LogP contribution in [0.5, 0.6) is 0 Å².